The predicted molar refractivity (Wildman–Crippen MR) is 89.8 cm³/mol. The number of anilines is 1. The minimum atomic E-state index is 0.0937. The fourth-order valence-electron chi connectivity index (χ4n) is 1.77. The minimum Gasteiger partial charge on any atom is -0.326 e. The highest BCUT2D eigenvalue weighted by Gasteiger charge is 2.04. The highest BCUT2D eigenvalue weighted by atomic mass is 127. The number of halogens is 1. The smallest absolute Gasteiger partial charge is 0.224 e. The lowest BCUT2D eigenvalue weighted by Crippen LogP contribution is -2.11. The standard InChI is InChI=1S/C15H16INOS/c1-11-7-8-12(10-14(11)16)17-15(18)6-2-4-13-5-3-9-19-13/h3,5,7-10H,2,4,6H2,1H3,(H,17,18). The molecule has 0 saturated heterocycles. The van der Waals surface area contributed by atoms with E-state index in [9.17, 15) is 4.79 Å². The Morgan fingerprint density at radius 1 is 1.37 bits per heavy atom. The van der Waals surface area contributed by atoms with Crippen molar-refractivity contribution in [3.05, 3.63) is 49.7 Å². The van der Waals surface area contributed by atoms with Crippen LogP contribution in [0.4, 0.5) is 5.69 Å². The van der Waals surface area contributed by atoms with Crippen LogP contribution in [0.2, 0.25) is 0 Å². The molecule has 1 amide bonds. The van der Waals surface area contributed by atoms with E-state index in [2.05, 4.69) is 46.3 Å². The molecule has 1 aromatic carbocycles. The summed E-state index contributed by atoms with van der Waals surface area (Å²) in [6, 6.07) is 10.2. The Morgan fingerprint density at radius 2 is 2.21 bits per heavy atom. The zero-order valence-corrected chi connectivity index (χ0v) is 13.8. The van der Waals surface area contributed by atoms with E-state index in [-0.39, 0.29) is 5.91 Å². The Bertz CT molecular complexity index is 551. The molecule has 0 aliphatic rings. The molecule has 0 aliphatic heterocycles. The zero-order chi connectivity index (χ0) is 13.7. The Balaban J connectivity index is 1.79. The van der Waals surface area contributed by atoms with E-state index >= 15 is 0 Å². The second-order valence-corrected chi connectivity index (χ2v) is 6.64. The molecule has 1 aromatic heterocycles. The zero-order valence-electron chi connectivity index (χ0n) is 10.8. The van der Waals surface area contributed by atoms with E-state index in [4.69, 9.17) is 0 Å². The van der Waals surface area contributed by atoms with E-state index in [0.717, 1.165) is 18.5 Å². The Morgan fingerprint density at radius 3 is 2.89 bits per heavy atom. The van der Waals surface area contributed by atoms with Gasteiger partial charge in [-0.05, 0) is 71.5 Å². The number of rotatable bonds is 5. The molecule has 2 nitrogen and oxygen atoms in total. The molecule has 0 saturated carbocycles. The number of nitrogens with one attached hydrogen (secondary N) is 1. The monoisotopic (exact) mass is 385 g/mol. The second-order valence-electron chi connectivity index (χ2n) is 4.45. The molecule has 0 spiro atoms. The first-order valence-corrected chi connectivity index (χ1v) is 8.19. The normalized spacial score (nSPS) is 10.4. The summed E-state index contributed by atoms with van der Waals surface area (Å²) in [5, 5.41) is 5.02. The highest BCUT2D eigenvalue weighted by molar-refractivity contribution is 14.1. The van der Waals surface area contributed by atoms with Gasteiger partial charge in [-0.25, -0.2) is 0 Å². The summed E-state index contributed by atoms with van der Waals surface area (Å²) in [6.45, 7) is 2.06. The summed E-state index contributed by atoms with van der Waals surface area (Å²) in [7, 11) is 0. The van der Waals surface area contributed by atoms with Crippen LogP contribution in [0.25, 0.3) is 0 Å². The molecule has 0 fully saturated rings. The third-order valence-corrected chi connectivity index (χ3v) is 4.96. The quantitative estimate of drug-likeness (QED) is 0.748. The molecule has 19 heavy (non-hydrogen) atoms. The van der Waals surface area contributed by atoms with Crippen molar-refractivity contribution < 1.29 is 4.79 Å². The Kier molecular flexibility index (Phi) is 5.39. The van der Waals surface area contributed by atoms with Gasteiger partial charge in [0, 0.05) is 20.6 Å². The number of hydrogen-bond acceptors (Lipinski definition) is 2. The van der Waals surface area contributed by atoms with Crippen LogP contribution >= 0.6 is 33.9 Å². The van der Waals surface area contributed by atoms with Gasteiger partial charge in [-0.15, -0.1) is 11.3 Å². The van der Waals surface area contributed by atoms with Crippen LogP contribution in [-0.4, -0.2) is 5.91 Å². The molecular formula is C15H16INOS. The van der Waals surface area contributed by atoms with Gasteiger partial charge in [0.1, 0.15) is 0 Å². The molecule has 2 rings (SSSR count). The summed E-state index contributed by atoms with van der Waals surface area (Å²) in [5.41, 5.74) is 2.12. The Hall–Kier alpha value is -0.880. The maximum atomic E-state index is 11.8. The summed E-state index contributed by atoms with van der Waals surface area (Å²) in [4.78, 5) is 13.2. The lowest BCUT2D eigenvalue weighted by molar-refractivity contribution is -0.116. The highest BCUT2D eigenvalue weighted by Crippen LogP contribution is 2.17. The number of amides is 1. The number of carbonyl (C=O) groups is 1. The van der Waals surface area contributed by atoms with Gasteiger partial charge in [0.25, 0.3) is 0 Å². The lowest BCUT2D eigenvalue weighted by atomic mass is 10.2. The summed E-state index contributed by atoms with van der Waals surface area (Å²) in [5.74, 6) is 0.0937. The van der Waals surface area contributed by atoms with Crippen LogP contribution in [0.1, 0.15) is 23.3 Å². The van der Waals surface area contributed by atoms with Crippen molar-refractivity contribution >= 4 is 45.5 Å². The van der Waals surface area contributed by atoms with E-state index in [0.29, 0.717) is 6.42 Å². The van der Waals surface area contributed by atoms with Gasteiger partial charge in [0.2, 0.25) is 5.91 Å². The molecule has 0 bridgehead atoms. The van der Waals surface area contributed by atoms with Crippen molar-refractivity contribution in [1.82, 2.24) is 0 Å². The van der Waals surface area contributed by atoms with E-state index in [1.54, 1.807) is 11.3 Å². The van der Waals surface area contributed by atoms with Gasteiger partial charge in [0.15, 0.2) is 0 Å². The first kappa shape index (κ1) is 14.5. The number of benzene rings is 1. The fraction of sp³-hybridized carbons (Fsp3) is 0.267. The van der Waals surface area contributed by atoms with Crippen LogP contribution in [0.15, 0.2) is 35.7 Å². The molecule has 2 aromatic rings. The van der Waals surface area contributed by atoms with Gasteiger partial charge in [-0.1, -0.05) is 12.1 Å². The maximum Gasteiger partial charge on any atom is 0.224 e. The Labute approximate surface area is 131 Å². The maximum absolute atomic E-state index is 11.8. The van der Waals surface area contributed by atoms with Gasteiger partial charge in [-0.3, -0.25) is 4.79 Å². The first-order chi connectivity index (χ1) is 9.15. The third-order valence-electron chi connectivity index (χ3n) is 2.86. The molecule has 0 aliphatic carbocycles. The average molecular weight is 385 g/mol. The van der Waals surface area contributed by atoms with Crippen LogP contribution in [-0.2, 0) is 11.2 Å². The molecule has 0 radical (unpaired) electrons. The number of carbonyl (C=O) groups excluding carboxylic acids is 1. The predicted octanol–water partition coefficient (Wildman–Crippen LogP) is 4.62. The van der Waals surface area contributed by atoms with E-state index < -0.39 is 0 Å². The van der Waals surface area contributed by atoms with E-state index in [1.807, 2.05) is 24.3 Å². The first-order valence-electron chi connectivity index (χ1n) is 6.23. The topological polar surface area (TPSA) is 29.1 Å². The summed E-state index contributed by atoms with van der Waals surface area (Å²) in [6.07, 6.45) is 2.45. The minimum absolute atomic E-state index is 0.0937. The SMILES string of the molecule is Cc1ccc(NC(=O)CCCc2cccs2)cc1I. The molecule has 100 valence electrons. The van der Waals surface area contributed by atoms with Crippen LogP contribution in [0, 0.1) is 10.5 Å². The van der Waals surface area contributed by atoms with Crippen LogP contribution < -0.4 is 5.32 Å². The number of aryl methyl sites for hydroxylation is 2. The van der Waals surface area contributed by atoms with Gasteiger partial charge in [-0.2, -0.15) is 0 Å². The molecule has 1 N–H and O–H groups in total. The van der Waals surface area contributed by atoms with Crippen molar-refractivity contribution in [3.63, 3.8) is 0 Å². The molecule has 1 heterocycles. The average Bonchev–Trinajstić information content (AvgIpc) is 2.87. The van der Waals surface area contributed by atoms with Crippen LogP contribution in [0.5, 0.6) is 0 Å². The van der Waals surface area contributed by atoms with Gasteiger partial charge >= 0.3 is 0 Å². The summed E-state index contributed by atoms with van der Waals surface area (Å²) >= 11 is 4.03. The van der Waals surface area contributed by atoms with Crippen LogP contribution in [0.3, 0.4) is 0 Å². The molecule has 4 heteroatoms. The fourth-order valence-corrected chi connectivity index (χ4v) is 3.04. The molecule has 0 atom stereocenters. The van der Waals surface area contributed by atoms with Crippen molar-refractivity contribution in [3.8, 4) is 0 Å². The van der Waals surface area contributed by atoms with Crippen molar-refractivity contribution in [2.75, 3.05) is 5.32 Å². The lowest BCUT2D eigenvalue weighted by Gasteiger charge is -2.06. The van der Waals surface area contributed by atoms with Gasteiger partial charge in [0.05, 0.1) is 0 Å². The van der Waals surface area contributed by atoms with E-state index in [1.165, 1.54) is 14.0 Å². The summed E-state index contributed by atoms with van der Waals surface area (Å²) < 4.78 is 1.17. The van der Waals surface area contributed by atoms with Gasteiger partial charge < -0.3 is 5.32 Å². The molecular weight excluding hydrogens is 369 g/mol. The van der Waals surface area contributed by atoms with Crippen molar-refractivity contribution in [2.45, 2.75) is 26.2 Å². The van der Waals surface area contributed by atoms with Crippen molar-refractivity contribution in [2.24, 2.45) is 0 Å². The number of thiophene rings is 1. The molecule has 0 unspecified atom stereocenters. The number of hydrogen-bond donors (Lipinski definition) is 1. The third kappa shape index (κ3) is 4.62. The van der Waals surface area contributed by atoms with Crippen molar-refractivity contribution in [1.29, 1.82) is 0 Å². The largest absolute Gasteiger partial charge is 0.326 e. The second kappa shape index (κ2) is 7.05.